The van der Waals surface area contributed by atoms with Crippen LogP contribution in [0, 0.1) is 17.8 Å². The highest BCUT2D eigenvalue weighted by molar-refractivity contribution is 5.71. The standard InChI is InChI=1S/C16H28N2O3/c1-11(2)16(21)18(8-12-4-3-5-12)9-13(7-15(19)20)6-14(17)10-18/h11-14H,3-10,17H2,1-2H3/p+1. The van der Waals surface area contributed by atoms with Crippen molar-refractivity contribution < 1.29 is 19.2 Å². The minimum absolute atomic E-state index is 0.0222. The van der Waals surface area contributed by atoms with Gasteiger partial charge in [-0.25, -0.2) is 4.79 Å². The quantitative estimate of drug-likeness (QED) is 0.755. The normalized spacial score (nSPS) is 33.7. The van der Waals surface area contributed by atoms with Gasteiger partial charge >= 0.3 is 11.9 Å². The van der Waals surface area contributed by atoms with Crippen molar-refractivity contribution in [2.45, 2.75) is 52.0 Å². The number of hydrogen-bond donors (Lipinski definition) is 2. The largest absolute Gasteiger partial charge is 0.481 e. The summed E-state index contributed by atoms with van der Waals surface area (Å²) in [5, 5.41) is 9.08. The number of aliphatic carboxylic acids is 1. The zero-order valence-electron chi connectivity index (χ0n) is 13.3. The average molecular weight is 297 g/mol. The van der Waals surface area contributed by atoms with Gasteiger partial charge in [0, 0.05) is 11.8 Å². The molecule has 1 saturated carbocycles. The maximum atomic E-state index is 12.8. The van der Waals surface area contributed by atoms with Gasteiger partial charge in [-0.05, 0) is 33.1 Å². The Morgan fingerprint density at radius 1 is 1.24 bits per heavy atom. The van der Waals surface area contributed by atoms with Crippen LogP contribution in [0.1, 0.15) is 46.0 Å². The van der Waals surface area contributed by atoms with Crippen LogP contribution in [-0.2, 0) is 9.59 Å². The molecule has 0 aromatic rings. The van der Waals surface area contributed by atoms with Crippen molar-refractivity contribution in [3.63, 3.8) is 0 Å². The van der Waals surface area contributed by atoms with Crippen molar-refractivity contribution in [1.82, 2.24) is 0 Å². The first-order valence-electron chi connectivity index (χ1n) is 8.20. The SMILES string of the molecule is CC(C)C(=O)[N+]1(CC2CCC2)CC(N)CC(CC(=O)O)C1. The Bertz CT molecular complexity index is 406. The first-order chi connectivity index (χ1) is 9.82. The van der Waals surface area contributed by atoms with Crippen molar-refractivity contribution >= 4 is 11.9 Å². The molecule has 2 aliphatic rings. The molecule has 3 N–H and O–H groups in total. The molecule has 1 saturated heterocycles. The highest BCUT2D eigenvalue weighted by Gasteiger charge is 2.47. The maximum absolute atomic E-state index is 12.8. The minimum Gasteiger partial charge on any atom is -0.481 e. The minimum atomic E-state index is -0.784. The van der Waals surface area contributed by atoms with Gasteiger partial charge in [-0.3, -0.25) is 9.28 Å². The smallest absolute Gasteiger partial charge is 0.316 e. The van der Waals surface area contributed by atoms with E-state index >= 15 is 0 Å². The lowest BCUT2D eigenvalue weighted by atomic mass is 9.81. The number of carboxylic acid groups (broad SMARTS) is 1. The summed E-state index contributed by atoms with van der Waals surface area (Å²) in [6, 6.07) is -0.0640. The van der Waals surface area contributed by atoms with Crippen LogP contribution in [0.2, 0.25) is 0 Å². The lowest BCUT2D eigenvalue weighted by Crippen LogP contribution is -2.66. The molecule has 120 valence electrons. The number of nitrogens with zero attached hydrogens (tertiary/aromatic N) is 1. The molecule has 3 atom stereocenters. The summed E-state index contributed by atoms with van der Waals surface area (Å²) in [5.41, 5.74) is 6.19. The summed E-state index contributed by atoms with van der Waals surface area (Å²) >= 11 is 0. The number of nitrogens with two attached hydrogens (primary N) is 1. The van der Waals surface area contributed by atoms with Crippen LogP contribution in [0.15, 0.2) is 0 Å². The van der Waals surface area contributed by atoms with Gasteiger partial charge in [0.05, 0.1) is 31.5 Å². The number of piperidine rings is 1. The van der Waals surface area contributed by atoms with Gasteiger partial charge in [-0.2, -0.15) is 0 Å². The lowest BCUT2D eigenvalue weighted by molar-refractivity contribution is -0.870. The number of amides is 1. The molecular formula is C16H29N2O3+. The first kappa shape index (κ1) is 16.4. The van der Waals surface area contributed by atoms with Gasteiger partial charge in [-0.1, -0.05) is 6.42 Å². The van der Waals surface area contributed by atoms with E-state index in [1.165, 1.54) is 19.3 Å². The van der Waals surface area contributed by atoms with Crippen molar-refractivity contribution in [3.05, 3.63) is 0 Å². The monoisotopic (exact) mass is 297 g/mol. The molecule has 0 bridgehead atoms. The third-order valence-corrected chi connectivity index (χ3v) is 5.08. The van der Waals surface area contributed by atoms with E-state index in [2.05, 4.69) is 0 Å². The Labute approximate surface area is 127 Å². The molecule has 1 aliphatic carbocycles. The number of quaternary nitrogens is 1. The van der Waals surface area contributed by atoms with E-state index in [9.17, 15) is 9.59 Å². The third kappa shape index (κ3) is 3.83. The summed E-state index contributed by atoms with van der Waals surface area (Å²) < 4.78 is 0.418. The van der Waals surface area contributed by atoms with E-state index < -0.39 is 5.97 Å². The van der Waals surface area contributed by atoms with Gasteiger partial charge in [-0.15, -0.1) is 0 Å². The molecule has 21 heavy (non-hydrogen) atoms. The van der Waals surface area contributed by atoms with Crippen LogP contribution in [-0.4, -0.2) is 47.1 Å². The fourth-order valence-electron chi connectivity index (χ4n) is 4.13. The van der Waals surface area contributed by atoms with E-state index in [0.29, 0.717) is 23.5 Å². The Kier molecular flexibility index (Phi) is 5.04. The molecule has 5 nitrogen and oxygen atoms in total. The average Bonchev–Trinajstić information content (AvgIpc) is 2.31. The molecule has 1 heterocycles. The van der Waals surface area contributed by atoms with Crippen LogP contribution in [0.3, 0.4) is 0 Å². The van der Waals surface area contributed by atoms with Gasteiger partial charge in [0.15, 0.2) is 0 Å². The van der Waals surface area contributed by atoms with Gasteiger partial charge in [0.25, 0.3) is 0 Å². The number of likely N-dealkylation sites (tertiary alicyclic amines) is 1. The number of carbonyl (C=O) groups excluding carboxylic acids is 1. The van der Waals surface area contributed by atoms with Crippen LogP contribution >= 0.6 is 0 Å². The predicted molar refractivity (Wildman–Crippen MR) is 80.4 cm³/mol. The van der Waals surface area contributed by atoms with Gasteiger partial charge in [0.2, 0.25) is 0 Å². The van der Waals surface area contributed by atoms with Crippen molar-refractivity contribution in [1.29, 1.82) is 0 Å². The summed E-state index contributed by atoms with van der Waals surface area (Å²) in [6.45, 7) is 6.09. The Morgan fingerprint density at radius 2 is 1.90 bits per heavy atom. The molecule has 2 rings (SSSR count). The highest BCUT2D eigenvalue weighted by Crippen LogP contribution is 2.35. The topological polar surface area (TPSA) is 80.4 Å². The zero-order chi connectivity index (χ0) is 15.6. The second kappa shape index (κ2) is 6.44. The van der Waals surface area contributed by atoms with Crippen LogP contribution < -0.4 is 5.73 Å². The Hall–Kier alpha value is -0.940. The fraction of sp³-hybridized carbons (Fsp3) is 0.875. The van der Waals surface area contributed by atoms with E-state index in [1.54, 1.807) is 0 Å². The first-order valence-corrected chi connectivity index (χ1v) is 8.20. The zero-order valence-corrected chi connectivity index (χ0v) is 13.3. The third-order valence-electron chi connectivity index (χ3n) is 5.08. The van der Waals surface area contributed by atoms with Gasteiger partial charge in [0.1, 0.15) is 6.54 Å². The summed E-state index contributed by atoms with van der Waals surface area (Å²) in [5.74, 6) is 0.0682. The predicted octanol–water partition coefficient (Wildman–Crippen LogP) is 1.61. The number of carbonyl (C=O) groups is 2. The molecule has 3 unspecified atom stereocenters. The van der Waals surface area contributed by atoms with E-state index in [4.69, 9.17) is 10.8 Å². The number of hydrogen-bond acceptors (Lipinski definition) is 3. The van der Waals surface area contributed by atoms with Crippen molar-refractivity contribution in [3.8, 4) is 0 Å². The highest BCUT2D eigenvalue weighted by atomic mass is 16.4. The van der Waals surface area contributed by atoms with Crippen LogP contribution in [0.5, 0.6) is 0 Å². The summed E-state index contributed by atoms with van der Waals surface area (Å²) in [6.07, 6.45) is 4.51. The molecule has 5 heteroatoms. The van der Waals surface area contributed by atoms with Crippen molar-refractivity contribution in [2.24, 2.45) is 23.5 Å². The fourth-order valence-corrected chi connectivity index (χ4v) is 4.13. The van der Waals surface area contributed by atoms with Crippen LogP contribution in [0.4, 0.5) is 0 Å². The van der Waals surface area contributed by atoms with E-state index in [1.807, 2.05) is 13.8 Å². The van der Waals surface area contributed by atoms with Gasteiger partial charge < -0.3 is 10.8 Å². The number of carboxylic acids is 1. The van der Waals surface area contributed by atoms with E-state index in [-0.39, 0.29) is 30.2 Å². The molecule has 0 aromatic carbocycles. The molecule has 1 amide bonds. The summed E-state index contributed by atoms with van der Waals surface area (Å²) in [7, 11) is 0. The Morgan fingerprint density at radius 3 is 2.38 bits per heavy atom. The molecule has 2 fully saturated rings. The maximum Gasteiger partial charge on any atom is 0.316 e. The Balaban J connectivity index is 2.19. The second-order valence-electron chi connectivity index (χ2n) is 7.44. The summed E-state index contributed by atoms with van der Waals surface area (Å²) in [4.78, 5) is 23.9. The molecule has 0 radical (unpaired) electrons. The second-order valence-corrected chi connectivity index (χ2v) is 7.44. The molecule has 1 aliphatic heterocycles. The van der Waals surface area contributed by atoms with Crippen molar-refractivity contribution in [2.75, 3.05) is 19.6 Å². The molecular weight excluding hydrogens is 268 g/mol. The number of rotatable bonds is 5. The molecule has 0 aromatic heterocycles. The molecule has 0 spiro atoms. The lowest BCUT2D eigenvalue weighted by Gasteiger charge is -2.47. The van der Waals surface area contributed by atoms with E-state index in [0.717, 1.165) is 13.0 Å². The van der Waals surface area contributed by atoms with Crippen LogP contribution in [0.25, 0.3) is 0 Å².